The highest BCUT2D eigenvalue weighted by atomic mass is 32.2. The Labute approximate surface area is 160 Å². The van der Waals surface area contributed by atoms with Crippen LogP contribution in [0.2, 0.25) is 0 Å². The molecule has 0 spiro atoms. The van der Waals surface area contributed by atoms with E-state index in [9.17, 15) is 4.79 Å². The summed E-state index contributed by atoms with van der Waals surface area (Å²) in [6, 6.07) is 8.54. The van der Waals surface area contributed by atoms with Crippen molar-refractivity contribution in [1.29, 1.82) is 0 Å². The highest BCUT2D eigenvalue weighted by Crippen LogP contribution is 2.22. The quantitative estimate of drug-likeness (QED) is 0.877. The number of nitrogens with zero attached hydrogens (tertiary/aromatic N) is 3. The molecule has 1 aromatic carbocycles. The van der Waals surface area contributed by atoms with Crippen LogP contribution >= 0.6 is 11.8 Å². The first-order valence-corrected chi connectivity index (χ1v) is 10.3. The van der Waals surface area contributed by atoms with E-state index in [1.54, 1.807) is 0 Å². The normalized spacial score (nSPS) is 17.3. The van der Waals surface area contributed by atoms with Crippen molar-refractivity contribution in [2.45, 2.75) is 39.8 Å². The lowest BCUT2D eigenvalue weighted by Gasteiger charge is -2.25. The number of hydrogen-bond donors (Lipinski definition) is 1. The second-order valence-electron chi connectivity index (χ2n) is 7.03. The summed E-state index contributed by atoms with van der Waals surface area (Å²) in [7, 11) is 1.89. The number of para-hydroxylation sites is 1. The van der Waals surface area contributed by atoms with Gasteiger partial charge in [-0.05, 0) is 32.4 Å². The highest BCUT2D eigenvalue weighted by Gasteiger charge is 2.21. The Bertz CT molecular complexity index is 780. The minimum absolute atomic E-state index is 0.187. The Kier molecular flexibility index (Phi) is 6.04. The number of aromatic nitrogens is 2. The lowest BCUT2D eigenvalue weighted by molar-refractivity contribution is -0.130. The molecule has 0 bridgehead atoms. The Morgan fingerprint density at radius 2 is 2.12 bits per heavy atom. The van der Waals surface area contributed by atoms with Crippen molar-refractivity contribution < 1.29 is 4.79 Å². The van der Waals surface area contributed by atoms with E-state index in [2.05, 4.69) is 31.3 Å². The predicted molar refractivity (Wildman–Crippen MR) is 108 cm³/mol. The van der Waals surface area contributed by atoms with Gasteiger partial charge in [0.15, 0.2) is 0 Å². The topological polar surface area (TPSA) is 50.2 Å². The van der Waals surface area contributed by atoms with Gasteiger partial charge in [-0.1, -0.05) is 18.2 Å². The van der Waals surface area contributed by atoms with Crippen LogP contribution in [0.15, 0.2) is 24.3 Å². The third-order valence-electron chi connectivity index (χ3n) is 5.03. The lowest BCUT2D eigenvalue weighted by Crippen LogP contribution is -2.41. The van der Waals surface area contributed by atoms with Crippen LogP contribution in [0.25, 0.3) is 5.69 Å². The summed E-state index contributed by atoms with van der Waals surface area (Å²) in [5, 5.41) is 8.17. The van der Waals surface area contributed by atoms with Crippen molar-refractivity contribution in [2.75, 3.05) is 25.1 Å². The summed E-state index contributed by atoms with van der Waals surface area (Å²) in [5.74, 6) is 2.34. The van der Waals surface area contributed by atoms with Gasteiger partial charge in [-0.25, -0.2) is 4.68 Å². The number of thioether (sulfide) groups is 1. The molecule has 2 aromatic rings. The van der Waals surface area contributed by atoms with Crippen molar-refractivity contribution in [3.05, 3.63) is 46.8 Å². The monoisotopic (exact) mass is 372 g/mol. The molecule has 1 amide bonds. The van der Waals surface area contributed by atoms with Gasteiger partial charge >= 0.3 is 0 Å². The molecular weight excluding hydrogens is 344 g/mol. The molecule has 140 valence electrons. The van der Waals surface area contributed by atoms with Gasteiger partial charge in [0, 0.05) is 55.4 Å². The summed E-state index contributed by atoms with van der Waals surface area (Å²) in [4.78, 5) is 14.5. The van der Waals surface area contributed by atoms with Gasteiger partial charge in [0.05, 0.1) is 11.4 Å². The summed E-state index contributed by atoms with van der Waals surface area (Å²) < 4.78 is 2.00. The van der Waals surface area contributed by atoms with E-state index in [0.717, 1.165) is 40.7 Å². The molecule has 3 rings (SSSR count). The third kappa shape index (κ3) is 4.13. The predicted octanol–water partition coefficient (Wildman–Crippen LogP) is 2.85. The zero-order valence-electron chi connectivity index (χ0n) is 16.1. The van der Waals surface area contributed by atoms with Crippen molar-refractivity contribution in [3.63, 3.8) is 0 Å². The molecule has 1 aliphatic heterocycles. The largest absolute Gasteiger partial charge is 0.341 e. The van der Waals surface area contributed by atoms with E-state index in [1.165, 1.54) is 5.56 Å². The molecule has 1 N–H and O–H groups in total. The van der Waals surface area contributed by atoms with Gasteiger partial charge in [0.25, 0.3) is 0 Å². The van der Waals surface area contributed by atoms with Crippen LogP contribution in [-0.2, 0) is 11.3 Å². The first-order valence-electron chi connectivity index (χ1n) is 9.13. The average molecular weight is 373 g/mol. The SMILES string of the molecule is Cc1ccccc1-n1nc(C)c(CN(C)C(=O)CC2CSCCN2)c1C. The number of carbonyl (C=O) groups is 1. The third-order valence-corrected chi connectivity index (χ3v) is 6.16. The zero-order chi connectivity index (χ0) is 18.7. The fraction of sp³-hybridized carbons (Fsp3) is 0.500. The fourth-order valence-corrected chi connectivity index (χ4v) is 4.33. The van der Waals surface area contributed by atoms with Crippen LogP contribution in [-0.4, -0.2) is 51.7 Å². The van der Waals surface area contributed by atoms with Crippen molar-refractivity contribution >= 4 is 17.7 Å². The summed E-state index contributed by atoms with van der Waals surface area (Å²) in [5.41, 5.74) is 5.50. The Hall–Kier alpha value is -1.79. The van der Waals surface area contributed by atoms with Crippen LogP contribution in [0.4, 0.5) is 0 Å². The molecule has 2 heterocycles. The molecule has 6 heteroatoms. The number of amides is 1. The van der Waals surface area contributed by atoms with Crippen LogP contribution in [0, 0.1) is 20.8 Å². The molecule has 5 nitrogen and oxygen atoms in total. The molecule has 1 atom stereocenters. The van der Waals surface area contributed by atoms with E-state index >= 15 is 0 Å². The maximum absolute atomic E-state index is 12.6. The summed E-state index contributed by atoms with van der Waals surface area (Å²) in [6.45, 7) is 7.79. The molecule has 26 heavy (non-hydrogen) atoms. The Morgan fingerprint density at radius 1 is 1.35 bits per heavy atom. The number of benzene rings is 1. The Balaban J connectivity index is 1.73. The van der Waals surface area contributed by atoms with Gasteiger partial charge < -0.3 is 10.2 Å². The second-order valence-corrected chi connectivity index (χ2v) is 8.18. The van der Waals surface area contributed by atoms with Crippen LogP contribution in [0.3, 0.4) is 0 Å². The number of rotatable bonds is 5. The maximum Gasteiger partial charge on any atom is 0.224 e. The molecule has 0 aliphatic carbocycles. The van der Waals surface area contributed by atoms with Gasteiger partial charge in [-0.2, -0.15) is 16.9 Å². The van der Waals surface area contributed by atoms with E-state index in [1.807, 2.05) is 47.4 Å². The van der Waals surface area contributed by atoms with Crippen LogP contribution in [0.1, 0.15) is 28.9 Å². The van der Waals surface area contributed by atoms with Gasteiger partial charge in [-0.3, -0.25) is 4.79 Å². The number of aryl methyl sites for hydroxylation is 2. The van der Waals surface area contributed by atoms with Crippen LogP contribution < -0.4 is 5.32 Å². The van der Waals surface area contributed by atoms with Crippen molar-refractivity contribution in [2.24, 2.45) is 0 Å². The van der Waals surface area contributed by atoms with E-state index in [0.29, 0.717) is 19.0 Å². The molecule has 1 aliphatic rings. The molecule has 1 unspecified atom stereocenters. The van der Waals surface area contributed by atoms with Gasteiger partial charge in [0.1, 0.15) is 0 Å². The van der Waals surface area contributed by atoms with Gasteiger partial charge in [-0.15, -0.1) is 0 Å². The standard InChI is InChI=1S/C20H28N4OS/c1-14-7-5-6-8-19(14)24-16(3)18(15(2)22-24)12-23(4)20(25)11-17-13-26-10-9-21-17/h5-8,17,21H,9-13H2,1-4H3. The molecule has 0 radical (unpaired) electrons. The van der Waals surface area contributed by atoms with Gasteiger partial charge in [0.2, 0.25) is 5.91 Å². The zero-order valence-corrected chi connectivity index (χ0v) is 16.9. The summed E-state index contributed by atoms with van der Waals surface area (Å²) >= 11 is 1.92. The van der Waals surface area contributed by atoms with Crippen LogP contribution in [0.5, 0.6) is 0 Å². The smallest absolute Gasteiger partial charge is 0.224 e. The minimum atomic E-state index is 0.187. The summed E-state index contributed by atoms with van der Waals surface area (Å²) in [6.07, 6.45) is 0.563. The van der Waals surface area contributed by atoms with E-state index in [-0.39, 0.29) is 5.91 Å². The second kappa shape index (κ2) is 8.27. The number of nitrogens with one attached hydrogen (secondary N) is 1. The first kappa shape index (κ1) is 19.0. The van der Waals surface area contributed by atoms with E-state index < -0.39 is 0 Å². The highest BCUT2D eigenvalue weighted by molar-refractivity contribution is 7.99. The molecule has 0 saturated carbocycles. The number of hydrogen-bond acceptors (Lipinski definition) is 4. The van der Waals surface area contributed by atoms with Crippen molar-refractivity contribution in [3.8, 4) is 5.69 Å². The molecule has 1 aromatic heterocycles. The number of carbonyl (C=O) groups excluding carboxylic acids is 1. The molecule has 1 fully saturated rings. The first-order chi connectivity index (χ1) is 12.5. The van der Waals surface area contributed by atoms with E-state index in [4.69, 9.17) is 5.10 Å². The minimum Gasteiger partial charge on any atom is -0.341 e. The molecular formula is C20H28N4OS. The lowest BCUT2D eigenvalue weighted by atomic mass is 10.1. The maximum atomic E-state index is 12.6. The molecule has 1 saturated heterocycles. The average Bonchev–Trinajstić information content (AvgIpc) is 2.91. The fourth-order valence-electron chi connectivity index (χ4n) is 3.38. The Morgan fingerprint density at radius 3 is 2.81 bits per heavy atom. The van der Waals surface area contributed by atoms with Crippen molar-refractivity contribution in [1.82, 2.24) is 20.0 Å².